The highest BCUT2D eigenvalue weighted by Gasteiger charge is 2.27. The monoisotopic (exact) mass is 346 g/mol. The largest absolute Gasteiger partial charge is 0.507 e. The van der Waals surface area contributed by atoms with E-state index < -0.39 is 0 Å². The smallest absolute Gasteiger partial charge is 0.200 e. The number of rotatable bonds is 0. The molecule has 0 unspecified atom stereocenters. The number of aromatic nitrogens is 2. The van der Waals surface area contributed by atoms with E-state index in [2.05, 4.69) is 9.97 Å². The first-order valence-electron chi connectivity index (χ1n) is 8.17. The van der Waals surface area contributed by atoms with Gasteiger partial charge in [-0.1, -0.05) is 12.1 Å². The zero-order valence-corrected chi connectivity index (χ0v) is 14.1. The lowest BCUT2D eigenvalue weighted by molar-refractivity contribution is 0.365. The summed E-state index contributed by atoms with van der Waals surface area (Å²) < 4.78 is 12.2. The summed E-state index contributed by atoms with van der Waals surface area (Å²) in [6.45, 7) is 3.48. The third kappa shape index (κ3) is 1.92. The van der Waals surface area contributed by atoms with Gasteiger partial charge in [-0.25, -0.2) is 4.98 Å². The van der Waals surface area contributed by atoms with Crippen LogP contribution >= 0.6 is 0 Å². The van der Waals surface area contributed by atoms with Crippen molar-refractivity contribution in [2.24, 2.45) is 0 Å². The second kappa shape index (κ2) is 4.98. The fourth-order valence-corrected chi connectivity index (χ4v) is 3.35. The van der Waals surface area contributed by atoms with E-state index in [-0.39, 0.29) is 11.2 Å². The molecule has 0 radical (unpaired) electrons. The van der Waals surface area contributed by atoms with Crippen molar-refractivity contribution in [3.63, 3.8) is 0 Å². The molecule has 6 nitrogen and oxygen atoms in total. The summed E-state index contributed by atoms with van der Waals surface area (Å²) in [6, 6.07) is 10.4. The lowest BCUT2D eigenvalue weighted by Crippen LogP contribution is -2.09. The number of nitrogens with one attached hydrogen (secondary N) is 1. The second-order valence-corrected chi connectivity index (χ2v) is 6.36. The van der Waals surface area contributed by atoms with Crippen LogP contribution in [0.5, 0.6) is 28.7 Å². The predicted octanol–water partition coefficient (Wildman–Crippen LogP) is 4.30. The van der Waals surface area contributed by atoms with E-state index in [4.69, 9.17) is 9.47 Å². The average molecular weight is 346 g/mol. The first-order valence-corrected chi connectivity index (χ1v) is 8.17. The van der Waals surface area contributed by atoms with Gasteiger partial charge in [0.25, 0.3) is 0 Å². The minimum Gasteiger partial charge on any atom is -0.507 e. The quantitative estimate of drug-likeness (QED) is 0.409. The van der Waals surface area contributed by atoms with Gasteiger partial charge in [0.2, 0.25) is 0 Å². The standard InChI is InChI=1S/C20H14N2O4/c1-9-7-13(24)16-11-8-12(23)10(2)22-17(11)19-20(18(16)21-9)26-15-6-4-3-5-14(15)25-19/h3-8,21,24H,1-2H3. The van der Waals surface area contributed by atoms with Gasteiger partial charge >= 0.3 is 0 Å². The highest BCUT2D eigenvalue weighted by molar-refractivity contribution is 6.14. The first kappa shape index (κ1) is 14.8. The molecule has 3 heterocycles. The van der Waals surface area contributed by atoms with Crippen LogP contribution in [0.2, 0.25) is 0 Å². The number of aryl methyl sites for hydroxylation is 2. The Balaban J connectivity index is 2.01. The molecule has 1 aliphatic rings. The van der Waals surface area contributed by atoms with Crippen LogP contribution in [0.4, 0.5) is 0 Å². The highest BCUT2D eigenvalue weighted by Crippen LogP contribution is 2.52. The maximum atomic E-state index is 12.2. The third-order valence-corrected chi connectivity index (χ3v) is 4.54. The van der Waals surface area contributed by atoms with Crippen molar-refractivity contribution in [3.8, 4) is 28.7 Å². The SMILES string of the molecule is Cc1cc(O)c2c([nH]1)c1c(c3nc(C)c(=O)cc32)Oc2ccccc2O1. The predicted molar refractivity (Wildman–Crippen MR) is 97.6 cm³/mol. The molecule has 0 saturated heterocycles. The topological polar surface area (TPSA) is 84.4 Å². The number of benzene rings is 2. The lowest BCUT2D eigenvalue weighted by Gasteiger charge is -2.23. The van der Waals surface area contributed by atoms with Crippen LogP contribution in [0.1, 0.15) is 11.4 Å². The van der Waals surface area contributed by atoms with Gasteiger partial charge in [-0.2, -0.15) is 0 Å². The summed E-state index contributed by atoms with van der Waals surface area (Å²) in [7, 11) is 0. The van der Waals surface area contributed by atoms with Crippen molar-refractivity contribution in [2.45, 2.75) is 13.8 Å². The molecule has 0 fully saturated rings. The molecule has 1 aliphatic heterocycles. The van der Waals surface area contributed by atoms with E-state index >= 15 is 0 Å². The van der Waals surface area contributed by atoms with Gasteiger partial charge in [-0.3, -0.25) is 4.79 Å². The number of H-pyrrole nitrogens is 1. The van der Waals surface area contributed by atoms with Crippen LogP contribution in [-0.2, 0) is 0 Å². The van der Waals surface area contributed by atoms with E-state index in [9.17, 15) is 9.90 Å². The number of aromatic hydroxyl groups is 1. The van der Waals surface area contributed by atoms with Crippen LogP contribution in [0.3, 0.4) is 0 Å². The Labute approximate surface area is 147 Å². The van der Waals surface area contributed by atoms with Crippen molar-refractivity contribution >= 4 is 21.8 Å². The molecule has 0 atom stereocenters. The fraction of sp³-hybridized carbons (Fsp3) is 0.100. The van der Waals surface area contributed by atoms with Crippen molar-refractivity contribution in [1.29, 1.82) is 0 Å². The number of ether oxygens (including phenoxy) is 2. The van der Waals surface area contributed by atoms with Crippen LogP contribution in [0.25, 0.3) is 21.8 Å². The molecule has 4 aromatic rings. The van der Waals surface area contributed by atoms with Gasteiger partial charge in [0.15, 0.2) is 28.4 Å². The maximum absolute atomic E-state index is 12.2. The van der Waals surface area contributed by atoms with Crippen molar-refractivity contribution in [1.82, 2.24) is 9.97 Å². The molecular formula is C20H14N2O4. The number of nitrogens with zero attached hydrogens (tertiary/aromatic N) is 1. The molecule has 6 heteroatoms. The fourth-order valence-electron chi connectivity index (χ4n) is 3.35. The highest BCUT2D eigenvalue weighted by atomic mass is 16.6. The summed E-state index contributed by atoms with van der Waals surface area (Å²) >= 11 is 0. The van der Waals surface area contributed by atoms with Crippen molar-refractivity contribution in [3.05, 3.63) is 58.0 Å². The molecule has 0 spiro atoms. The van der Waals surface area contributed by atoms with Gasteiger partial charge < -0.3 is 19.6 Å². The van der Waals surface area contributed by atoms with Crippen molar-refractivity contribution < 1.29 is 14.6 Å². The molecule has 2 aromatic carbocycles. The van der Waals surface area contributed by atoms with Gasteiger partial charge in [-0.05, 0) is 38.1 Å². The van der Waals surface area contributed by atoms with Gasteiger partial charge in [-0.15, -0.1) is 0 Å². The van der Waals surface area contributed by atoms with Gasteiger partial charge in [0.1, 0.15) is 11.3 Å². The summed E-state index contributed by atoms with van der Waals surface area (Å²) in [6.07, 6.45) is 0. The Hall–Kier alpha value is -3.54. The lowest BCUT2D eigenvalue weighted by atomic mass is 10.0. The number of pyridine rings is 2. The number of fused-ring (bicyclic) bond motifs is 7. The minimum atomic E-state index is -0.198. The van der Waals surface area contributed by atoms with E-state index in [1.165, 1.54) is 6.07 Å². The molecule has 26 heavy (non-hydrogen) atoms. The Kier molecular flexibility index (Phi) is 2.83. The Morgan fingerprint density at radius 1 is 1.04 bits per heavy atom. The summed E-state index contributed by atoms with van der Waals surface area (Å²) in [5.74, 6) is 2.07. The minimum absolute atomic E-state index is 0.0524. The number of aromatic amines is 1. The van der Waals surface area contributed by atoms with Crippen LogP contribution in [0, 0.1) is 13.8 Å². The zero-order chi connectivity index (χ0) is 18.0. The maximum Gasteiger partial charge on any atom is 0.200 e. The second-order valence-electron chi connectivity index (χ2n) is 6.36. The molecule has 0 bridgehead atoms. The summed E-state index contributed by atoms with van der Waals surface area (Å²) in [5, 5.41) is 11.6. The summed E-state index contributed by atoms with van der Waals surface area (Å²) in [5.41, 5.74) is 1.95. The Bertz CT molecular complexity index is 1290. The average Bonchev–Trinajstić information content (AvgIpc) is 2.61. The van der Waals surface area contributed by atoms with Gasteiger partial charge in [0.05, 0.1) is 16.6 Å². The first-order chi connectivity index (χ1) is 12.5. The van der Waals surface area contributed by atoms with Crippen molar-refractivity contribution in [2.75, 3.05) is 0 Å². The number of hydrogen-bond donors (Lipinski definition) is 2. The van der Waals surface area contributed by atoms with E-state index in [0.717, 1.165) is 5.69 Å². The van der Waals surface area contributed by atoms with Gasteiger partial charge in [0, 0.05) is 11.1 Å². The van der Waals surface area contributed by atoms with E-state index in [1.807, 2.05) is 25.1 Å². The molecule has 0 aliphatic carbocycles. The molecule has 128 valence electrons. The number of para-hydroxylation sites is 2. The molecule has 0 saturated carbocycles. The third-order valence-electron chi connectivity index (χ3n) is 4.54. The number of hydrogen-bond acceptors (Lipinski definition) is 5. The normalized spacial score (nSPS) is 12.4. The molecule has 0 amide bonds. The molecule has 5 rings (SSSR count). The van der Waals surface area contributed by atoms with E-state index in [1.54, 1.807) is 19.1 Å². The Morgan fingerprint density at radius 2 is 1.73 bits per heavy atom. The van der Waals surface area contributed by atoms with Crippen LogP contribution in [0.15, 0.2) is 41.2 Å². The molecule has 2 N–H and O–H groups in total. The van der Waals surface area contributed by atoms with Crippen LogP contribution < -0.4 is 14.9 Å². The zero-order valence-electron chi connectivity index (χ0n) is 14.1. The van der Waals surface area contributed by atoms with E-state index in [0.29, 0.717) is 50.5 Å². The molecular weight excluding hydrogens is 332 g/mol. The molecule has 2 aromatic heterocycles. The Morgan fingerprint density at radius 3 is 2.46 bits per heavy atom. The summed E-state index contributed by atoms with van der Waals surface area (Å²) in [4.78, 5) is 19.8. The van der Waals surface area contributed by atoms with Crippen LogP contribution in [-0.4, -0.2) is 15.1 Å².